The van der Waals surface area contributed by atoms with Gasteiger partial charge in [0.2, 0.25) is 14.2 Å². The first-order valence-electron chi connectivity index (χ1n) is 6.85. The second-order valence-corrected chi connectivity index (χ2v) is 11.3. The molecule has 1 rings (SSSR count). The molecule has 0 spiro atoms. The monoisotopic (exact) mass is 269 g/mol. The molecule has 1 aliphatic heterocycles. The van der Waals surface area contributed by atoms with Crippen LogP contribution in [0.25, 0.3) is 0 Å². The molecule has 1 saturated heterocycles. The van der Waals surface area contributed by atoms with Crippen LogP contribution in [0, 0.1) is 0 Å². The van der Waals surface area contributed by atoms with Gasteiger partial charge in [-0.25, -0.2) is 0 Å². The Morgan fingerprint density at radius 3 is 2.56 bits per heavy atom. The summed E-state index contributed by atoms with van der Waals surface area (Å²) in [5.74, 6) is 0.300. The van der Waals surface area contributed by atoms with Crippen molar-refractivity contribution in [1.29, 1.82) is 0 Å². The number of amides is 1. The Hall–Kier alpha value is -0.773. The molecule has 104 valence electrons. The van der Waals surface area contributed by atoms with Crippen molar-refractivity contribution in [1.82, 2.24) is 4.90 Å². The maximum absolute atomic E-state index is 11.4. The van der Waals surface area contributed by atoms with Crippen LogP contribution >= 0.6 is 0 Å². The molecule has 0 saturated carbocycles. The van der Waals surface area contributed by atoms with Gasteiger partial charge >= 0.3 is 0 Å². The second kappa shape index (κ2) is 5.91. The van der Waals surface area contributed by atoms with Crippen LogP contribution in [0.5, 0.6) is 0 Å². The molecule has 0 aromatic carbocycles. The van der Waals surface area contributed by atoms with Crippen LogP contribution < -0.4 is 0 Å². The normalized spacial score (nSPS) is 17.8. The molecule has 0 bridgehead atoms. The SMILES string of the molecule is CC(C)(C)[Si](C)(C)O/C=C/CCN1CCCC1=O. The van der Waals surface area contributed by atoms with Crippen molar-refractivity contribution < 1.29 is 9.22 Å². The maximum Gasteiger partial charge on any atom is 0.249 e. The van der Waals surface area contributed by atoms with E-state index >= 15 is 0 Å². The molecule has 1 aliphatic rings. The summed E-state index contributed by atoms with van der Waals surface area (Å²) in [6.45, 7) is 12.9. The summed E-state index contributed by atoms with van der Waals surface area (Å²) in [4.78, 5) is 13.3. The Balaban J connectivity index is 2.27. The number of hydrogen-bond donors (Lipinski definition) is 0. The predicted molar refractivity (Wildman–Crippen MR) is 77.9 cm³/mol. The van der Waals surface area contributed by atoms with Gasteiger partial charge in [0.25, 0.3) is 0 Å². The van der Waals surface area contributed by atoms with Gasteiger partial charge in [-0.3, -0.25) is 4.79 Å². The first kappa shape index (κ1) is 15.3. The van der Waals surface area contributed by atoms with E-state index in [9.17, 15) is 4.79 Å². The molecule has 1 heterocycles. The van der Waals surface area contributed by atoms with E-state index in [-0.39, 0.29) is 5.04 Å². The summed E-state index contributed by atoms with van der Waals surface area (Å²) < 4.78 is 5.94. The third-order valence-electron chi connectivity index (χ3n) is 4.00. The third kappa shape index (κ3) is 4.16. The topological polar surface area (TPSA) is 29.5 Å². The van der Waals surface area contributed by atoms with Gasteiger partial charge in [0, 0.05) is 19.5 Å². The minimum atomic E-state index is -1.67. The van der Waals surface area contributed by atoms with E-state index < -0.39 is 8.32 Å². The summed E-state index contributed by atoms with van der Waals surface area (Å²) in [5, 5.41) is 0.238. The minimum Gasteiger partial charge on any atom is -0.549 e. The van der Waals surface area contributed by atoms with Crippen molar-refractivity contribution in [3.05, 3.63) is 12.3 Å². The Labute approximate surface area is 112 Å². The lowest BCUT2D eigenvalue weighted by Crippen LogP contribution is -2.39. The molecular weight excluding hydrogens is 242 g/mol. The van der Waals surface area contributed by atoms with Crippen molar-refractivity contribution >= 4 is 14.2 Å². The van der Waals surface area contributed by atoms with Crippen LogP contribution in [0.3, 0.4) is 0 Å². The van der Waals surface area contributed by atoms with Gasteiger partial charge in [-0.05, 0) is 37.0 Å². The first-order chi connectivity index (χ1) is 8.24. The number of hydrogen-bond acceptors (Lipinski definition) is 2. The van der Waals surface area contributed by atoms with Crippen LogP contribution in [0.15, 0.2) is 12.3 Å². The fraction of sp³-hybridized carbons (Fsp3) is 0.786. The Morgan fingerprint density at radius 1 is 1.39 bits per heavy atom. The van der Waals surface area contributed by atoms with Gasteiger partial charge in [-0.1, -0.05) is 20.8 Å². The molecule has 3 nitrogen and oxygen atoms in total. The largest absolute Gasteiger partial charge is 0.549 e. The number of rotatable bonds is 5. The Morgan fingerprint density at radius 2 is 2.06 bits per heavy atom. The number of carbonyl (C=O) groups is 1. The molecule has 0 aromatic heterocycles. The van der Waals surface area contributed by atoms with Crippen molar-refractivity contribution in [2.24, 2.45) is 0 Å². The average molecular weight is 269 g/mol. The molecule has 0 radical (unpaired) electrons. The minimum absolute atomic E-state index is 0.238. The molecular formula is C14H27NO2Si. The highest BCUT2D eigenvalue weighted by atomic mass is 28.4. The fourth-order valence-corrected chi connectivity index (χ4v) is 2.42. The predicted octanol–water partition coefficient (Wildman–Crippen LogP) is 3.53. The molecule has 1 amide bonds. The lowest BCUT2D eigenvalue weighted by molar-refractivity contribution is -0.127. The average Bonchev–Trinajstić information content (AvgIpc) is 2.62. The van der Waals surface area contributed by atoms with Crippen molar-refractivity contribution in [2.75, 3.05) is 13.1 Å². The number of carbonyl (C=O) groups excluding carboxylic acids is 1. The number of nitrogens with zero attached hydrogens (tertiary/aromatic N) is 1. The molecule has 1 fully saturated rings. The van der Waals surface area contributed by atoms with E-state index in [1.54, 1.807) is 0 Å². The van der Waals surface area contributed by atoms with Crippen LogP contribution in [0.4, 0.5) is 0 Å². The third-order valence-corrected chi connectivity index (χ3v) is 8.34. The zero-order valence-electron chi connectivity index (χ0n) is 12.5. The van der Waals surface area contributed by atoms with E-state index in [1.807, 2.05) is 17.2 Å². The highest BCUT2D eigenvalue weighted by Crippen LogP contribution is 2.36. The zero-order chi connectivity index (χ0) is 13.8. The van der Waals surface area contributed by atoms with Gasteiger partial charge < -0.3 is 9.33 Å². The van der Waals surface area contributed by atoms with E-state index in [2.05, 4.69) is 33.9 Å². The molecule has 18 heavy (non-hydrogen) atoms. The Bertz CT molecular complexity index is 318. The summed E-state index contributed by atoms with van der Waals surface area (Å²) in [6, 6.07) is 0. The number of likely N-dealkylation sites (tertiary alicyclic amines) is 1. The zero-order valence-corrected chi connectivity index (χ0v) is 13.5. The van der Waals surface area contributed by atoms with Crippen LogP contribution in [0.2, 0.25) is 18.1 Å². The van der Waals surface area contributed by atoms with E-state index in [1.165, 1.54) is 0 Å². The van der Waals surface area contributed by atoms with Crippen LogP contribution in [-0.2, 0) is 9.22 Å². The highest BCUT2D eigenvalue weighted by Gasteiger charge is 2.37. The highest BCUT2D eigenvalue weighted by molar-refractivity contribution is 6.74. The summed E-state index contributed by atoms with van der Waals surface area (Å²) in [6.07, 6.45) is 6.53. The molecule has 4 heteroatoms. The molecule has 0 aromatic rings. The van der Waals surface area contributed by atoms with Crippen molar-refractivity contribution in [3.63, 3.8) is 0 Å². The van der Waals surface area contributed by atoms with Gasteiger partial charge in [-0.2, -0.15) is 0 Å². The molecule has 0 atom stereocenters. The van der Waals surface area contributed by atoms with Crippen LogP contribution in [-0.4, -0.2) is 32.2 Å². The van der Waals surface area contributed by atoms with Gasteiger partial charge in [-0.15, -0.1) is 0 Å². The standard InChI is InChI=1S/C14H27NO2Si/c1-14(2,3)18(4,5)17-12-7-6-10-15-11-8-9-13(15)16/h7,12H,6,8-11H2,1-5H3/b12-7+. The Kier molecular flexibility index (Phi) is 5.02. The van der Waals surface area contributed by atoms with Gasteiger partial charge in [0.1, 0.15) is 0 Å². The first-order valence-corrected chi connectivity index (χ1v) is 9.75. The summed E-state index contributed by atoms with van der Waals surface area (Å²) >= 11 is 0. The van der Waals surface area contributed by atoms with E-state index in [4.69, 9.17) is 4.43 Å². The van der Waals surface area contributed by atoms with Crippen molar-refractivity contribution in [2.45, 2.75) is 58.2 Å². The van der Waals surface area contributed by atoms with E-state index in [0.717, 1.165) is 32.4 Å². The quantitative estimate of drug-likeness (QED) is 0.564. The smallest absolute Gasteiger partial charge is 0.249 e. The lowest BCUT2D eigenvalue weighted by Gasteiger charge is -2.35. The van der Waals surface area contributed by atoms with Gasteiger partial charge in [0.05, 0.1) is 6.26 Å². The summed E-state index contributed by atoms with van der Waals surface area (Å²) in [7, 11) is -1.67. The van der Waals surface area contributed by atoms with Gasteiger partial charge in [0.15, 0.2) is 0 Å². The van der Waals surface area contributed by atoms with Crippen LogP contribution in [0.1, 0.15) is 40.0 Å². The van der Waals surface area contributed by atoms with E-state index in [0.29, 0.717) is 5.91 Å². The lowest BCUT2D eigenvalue weighted by atomic mass is 10.2. The molecule has 0 unspecified atom stereocenters. The fourth-order valence-electron chi connectivity index (χ4n) is 1.63. The molecule has 0 N–H and O–H groups in total. The second-order valence-electron chi connectivity index (χ2n) is 6.52. The summed E-state index contributed by atoms with van der Waals surface area (Å²) in [5.41, 5.74) is 0. The maximum atomic E-state index is 11.4. The molecule has 0 aliphatic carbocycles. The van der Waals surface area contributed by atoms with Crippen molar-refractivity contribution in [3.8, 4) is 0 Å².